The molecule has 2 aliphatic heterocycles. The van der Waals surface area contributed by atoms with E-state index < -0.39 is 7.82 Å². The Balaban J connectivity index is 1.74. The van der Waals surface area contributed by atoms with E-state index in [9.17, 15) is 4.57 Å². The third-order valence-electron chi connectivity index (χ3n) is 2.98. The van der Waals surface area contributed by atoms with Gasteiger partial charge in [-0.3, -0.25) is 0 Å². The minimum atomic E-state index is -3.40. The van der Waals surface area contributed by atoms with Crippen molar-refractivity contribution in [3.05, 3.63) is 53.6 Å². The summed E-state index contributed by atoms with van der Waals surface area (Å²) in [4.78, 5) is 0. The van der Waals surface area contributed by atoms with E-state index in [1.165, 1.54) is 0 Å². The van der Waals surface area contributed by atoms with Gasteiger partial charge in [0, 0.05) is 5.56 Å². The molecule has 1 unspecified atom stereocenters. The molecule has 19 heavy (non-hydrogen) atoms. The van der Waals surface area contributed by atoms with Crippen LogP contribution in [0.25, 0.3) is 12.2 Å². The molecule has 0 aliphatic carbocycles. The predicted octanol–water partition coefficient (Wildman–Crippen LogP) is 4.13. The van der Waals surface area contributed by atoms with Crippen molar-refractivity contribution in [2.24, 2.45) is 0 Å². The molecule has 0 saturated carbocycles. The van der Waals surface area contributed by atoms with E-state index in [4.69, 9.17) is 13.6 Å². The Morgan fingerprint density at radius 1 is 0.842 bits per heavy atom. The maximum atomic E-state index is 11.9. The first-order chi connectivity index (χ1) is 9.23. The Morgan fingerprint density at radius 2 is 1.63 bits per heavy atom. The van der Waals surface area contributed by atoms with Crippen LogP contribution in [0.2, 0.25) is 0 Å². The SMILES string of the molecule is O=P12Oc3ccc(/C=C/c4ccccc4)c(c3O1)O2. The van der Waals surface area contributed by atoms with Gasteiger partial charge in [0.2, 0.25) is 5.75 Å². The zero-order chi connectivity index (χ0) is 12.9. The van der Waals surface area contributed by atoms with Gasteiger partial charge in [-0.1, -0.05) is 42.5 Å². The summed E-state index contributed by atoms with van der Waals surface area (Å²) < 4.78 is 27.3. The lowest BCUT2D eigenvalue weighted by atomic mass is 10.1. The summed E-state index contributed by atoms with van der Waals surface area (Å²) >= 11 is 0. The van der Waals surface area contributed by atoms with Gasteiger partial charge in [0.25, 0.3) is 0 Å². The topological polar surface area (TPSA) is 44.8 Å². The molecule has 0 aromatic heterocycles. The Hall–Kier alpha value is -2.19. The fraction of sp³-hybridized carbons (Fsp3) is 0. The Bertz CT molecular complexity index is 737. The first kappa shape index (κ1) is 10.7. The summed E-state index contributed by atoms with van der Waals surface area (Å²) in [7, 11) is -3.40. The van der Waals surface area contributed by atoms with Gasteiger partial charge in [-0.2, -0.15) is 4.57 Å². The van der Waals surface area contributed by atoms with Gasteiger partial charge in [-0.05, 0) is 17.7 Å². The standard InChI is InChI=1S/C14H9O4P/c15-19-16-12-9-8-11(13(17-19)14(12)18-19)7-6-10-4-2-1-3-5-10/h1-9H/b7-6+. The zero-order valence-corrected chi connectivity index (χ0v) is 10.7. The van der Waals surface area contributed by atoms with Crippen molar-refractivity contribution >= 4 is 20.0 Å². The molecule has 4 rings (SSSR count). The molecule has 0 amide bonds. The molecule has 4 nitrogen and oxygen atoms in total. The first-order valence-electron chi connectivity index (χ1n) is 5.82. The van der Waals surface area contributed by atoms with Crippen LogP contribution in [0.1, 0.15) is 11.1 Å². The summed E-state index contributed by atoms with van der Waals surface area (Å²) in [5.41, 5.74) is 1.90. The summed E-state index contributed by atoms with van der Waals surface area (Å²) in [6.45, 7) is 0. The Morgan fingerprint density at radius 3 is 2.42 bits per heavy atom. The van der Waals surface area contributed by atoms with Crippen molar-refractivity contribution in [1.29, 1.82) is 0 Å². The van der Waals surface area contributed by atoms with Crippen molar-refractivity contribution in [2.45, 2.75) is 0 Å². The third kappa shape index (κ3) is 1.65. The number of hydrogen-bond acceptors (Lipinski definition) is 4. The highest BCUT2D eigenvalue weighted by Gasteiger charge is 2.50. The summed E-state index contributed by atoms with van der Waals surface area (Å²) in [6, 6.07) is 13.5. The lowest BCUT2D eigenvalue weighted by molar-refractivity contribution is 0.354. The number of benzene rings is 2. The Labute approximate surface area is 109 Å². The fourth-order valence-corrected chi connectivity index (χ4v) is 3.40. The lowest BCUT2D eigenvalue weighted by Gasteiger charge is -2.10. The highest BCUT2D eigenvalue weighted by Crippen LogP contribution is 2.69. The minimum absolute atomic E-state index is 0.443. The van der Waals surface area contributed by atoms with Crippen molar-refractivity contribution < 1.29 is 18.1 Å². The molecule has 0 radical (unpaired) electrons. The van der Waals surface area contributed by atoms with Gasteiger partial charge in [0.1, 0.15) is 0 Å². The molecule has 0 spiro atoms. The molecule has 2 aromatic rings. The fourth-order valence-electron chi connectivity index (χ4n) is 2.09. The van der Waals surface area contributed by atoms with Crippen molar-refractivity contribution in [3.8, 4) is 17.2 Å². The molecule has 94 valence electrons. The summed E-state index contributed by atoms with van der Waals surface area (Å²) in [6.07, 6.45) is 3.87. The van der Waals surface area contributed by atoms with E-state index in [2.05, 4.69) is 0 Å². The number of phosphoric acid groups is 1. The summed E-state index contributed by atoms with van der Waals surface area (Å²) in [5, 5.41) is 0. The number of phosphoric ester groups is 1. The molecule has 1 atom stereocenters. The number of hydrogen-bond donors (Lipinski definition) is 0. The Kier molecular flexibility index (Phi) is 2.06. The van der Waals surface area contributed by atoms with E-state index in [0.29, 0.717) is 17.2 Å². The third-order valence-corrected chi connectivity index (χ3v) is 4.21. The average Bonchev–Trinajstić information content (AvgIpc) is 2.93. The zero-order valence-electron chi connectivity index (χ0n) is 9.78. The van der Waals surface area contributed by atoms with Gasteiger partial charge in [0.15, 0.2) is 11.5 Å². The lowest BCUT2D eigenvalue weighted by Crippen LogP contribution is -1.98. The van der Waals surface area contributed by atoms with Gasteiger partial charge < -0.3 is 13.6 Å². The largest absolute Gasteiger partial charge is 0.647 e. The van der Waals surface area contributed by atoms with Gasteiger partial charge in [0.05, 0.1) is 0 Å². The van der Waals surface area contributed by atoms with Crippen LogP contribution in [-0.2, 0) is 4.57 Å². The van der Waals surface area contributed by atoms with Crippen LogP contribution >= 0.6 is 7.82 Å². The molecule has 0 fully saturated rings. The van der Waals surface area contributed by atoms with Crippen LogP contribution in [0, 0.1) is 0 Å². The van der Waals surface area contributed by atoms with E-state index in [-0.39, 0.29) is 0 Å². The second-order valence-corrected chi connectivity index (χ2v) is 5.72. The average molecular weight is 272 g/mol. The minimum Gasteiger partial charge on any atom is -0.382 e. The second-order valence-electron chi connectivity index (χ2n) is 4.28. The van der Waals surface area contributed by atoms with Gasteiger partial charge >= 0.3 is 7.82 Å². The van der Waals surface area contributed by atoms with Crippen LogP contribution in [0.3, 0.4) is 0 Å². The predicted molar refractivity (Wildman–Crippen MR) is 71.3 cm³/mol. The highest BCUT2D eigenvalue weighted by molar-refractivity contribution is 7.50. The number of fused-ring (bicyclic) bond motifs is 1. The molecule has 2 aliphatic rings. The molecule has 2 aromatic carbocycles. The van der Waals surface area contributed by atoms with Crippen molar-refractivity contribution in [2.75, 3.05) is 0 Å². The molecular formula is C14H9O4P. The first-order valence-corrected chi connectivity index (χ1v) is 7.29. The van der Waals surface area contributed by atoms with Crippen molar-refractivity contribution in [3.63, 3.8) is 0 Å². The normalized spacial score (nSPS) is 22.1. The number of rotatable bonds is 2. The van der Waals surface area contributed by atoms with Gasteiger partial charge in [-0.15, -0.1) is 0 Å². The highest BCUT2D eigenvalue weighted by atomic mass is 31.2. The molecule has 0 N–H and O–H groups in total. The molecular weight excluding hydrogens is 263 g/mol. The molecule has 5 heteroatoms. The van der Waals surface area contributed by atoms with E-state index in [0.717, 1.165) is 11.1 Å². The summed E-state index contributed by atoms with van der Waals surface area (Å²) in [5.74, 6) is 1.43. The van der Waals surface area contributed by atoms with Gasteiger partial charge in [-0.25, -0.2) is 0 Å². The maximum absolute atomic E-state index is 11.9. The molecule has 0 saturated heterocycles. The van der Waals surface area contributed by atoms with Crippen LogP contribution in [0.15, 0.2) is 42.5 Å². The smallest absolute Gasteiger partial charge is 0.382 e. The molecule has 2 heterocycles. The van der Waals surface area contributed by atoms with Crippen LogP contribution in [0.4, 0.5) is 0 Å². The van der Waals surface area contributed by atoms with E-state index >= 15 is 0 Å². The quantitative estimate of drug-likeness (QED) is 0.609. The van der Waals surface area contributed by atoms with E-state index in [1.807, 2.05) is 48.6 Å². The second kappa shape index (κ2) is 3.65. The maximum Gasteiger partial charge on any atom is 0.647 e. The van der Waals surface area contributed by atoms with Crippen LogP contribution < -0.4 is 13.6 Å². The van der Waals surface area contributed by atoms with Crippen LogP contribution in [-0.4, -0.2) is 0 Å². The molecule has 2 bridgehead atoms. The van der Waals surface area contributed by atoms with Crippen molar-refractivity contribution in [1.82, 2.24) is 0 Å². The van der Waals surface area contributed by atoms with Crippen LogP contribution in [0.5, 0.6) is 17.2 Å². The van der Waals surface area contributed by atoms with E-state index in [1.54, 1.807) is 6.07 Å². The monoisotopic (exact) mass is 272 g/mol.